The molecular formula is C15H24N2O. The highest BCUT2D eigenvalue weighted by atomic mass is 16.6. The number of hydrogen-bond acceptors (Lipinski definition) is 3. The Morgan fingerprint density at radius 2 is 1.89 bits per heavy atom. The van der Waals surface area contributed by atoms with Crippen LogP contribution in [0.25, 0.3) is 0 Å². The average Bonchev–Trinajstić information content (AvgIpc) is 2.46. The molecule has 1 fully saturated rings. The van der Waals surface area contributed by atoms with Crippen molar-refractivity contribution in [1.82, 2.24) is 0 Å². The average molecular weight is 248 g/mol. The molecule has 0 bridgehead atoms. The molecule has 3 nitrogen and oxygen atoms in total. The van der Waals surface area contributed by atoms with Crippen molar-refractivity contribution in [3.63, 3.8) is 0 Å². The summed E-state index contributed by atoms with van der Waals surface area (Å²) < 4.78 is 0. The molecule has 3 heteroatoms. The van der Waals surface area contributed by atoms with Crippen LogP contribution in [0, 0.1) is 0 Å². The van der Waals surface area contributed by atoms with E-state index in [1.54, 1.807) is 0 Å². The van der Waals surface area contributed by atoms with Crippen molar-refractivity contribution in [2.45, 2.75) is 51.2 Å². The van der Waals surface area contributed by atoms with Gasteiger partial charge in [-0.2, -0.15) is 0 Å². The van der Waals surface area contributed by atoms with Crippen LogP contribution in [0.1, 0.15) is 38.2 Å². The van der Waals surface area contributed by atoms with Crippen molar-refractivity contribution >= 4 is 5.69 Å². The lowest BCUT2D eigenvalue weighted by atomic mass is 9.91. The van der Waals surface area contributed by atoms with E-state index < -0.39 is 0 Å². The van der Waals surface area contributed by atoms with Gasteiger partial charge in [0.1, 0.15) is 0 Å². The molecule has 1 saturated carbocycles. The molecule has 0 saturated heterocycles. The van der Waals surface area contributed by atoms with E-state index in [0.29, 0.717) is 6.04 Å². The molecule has 0 heterocycles. The summed E-state index contributed by atoms with van der Waals surface area (Å²) in [7, 11) is 2.21. The highest BCUT2D eigenvalue weighted by Crippen LogP contribution is 2.29. The molecule has 1 aliphatic carbocycles. The number of para-hydroxylation sites is 1. The third kappa shape index (κ3) is 2.85. The molecule has 0 radical (unpaired) electrons. The van der Waals surface area contributed by atoms with Gasteiger partial charge in [-0.3, -0.25) is 0 Å². The molecule has 0 unspecified atom stereocenters. The minimum absolute atomic E-state index is 0.260. The van der Waals surface area contributed by atoms with Crippen molar-refractivity contribution in [2.75, 3.05) is 11.9 Å². The summed E-state index contributed by atoms with van der Waals surface area (Å²) >= 11 is 0. The van der Waals surface area contributed by atoms with Gasteiger partial charge in [0.05, 0.1) is 6.10 Å². The summed E-state index contributed by atoms with van der Waals surface area (Å²) in [6.45, 7) is 2.21. The van der Waals surface area contributed by atoms with Crippen molar-refractivity contribution in [2.24, 2.45) is 5.90 Å². The van der Waals surface area contributed by atoms with Gasteiger partial charge in [0, 0.05) is 18.8 Å². The zero-order chi connectivity index (χ0) is 13.0. The Kier molecular flexibility index (Phi) is 4.61. The van der Waals surface area contributed by atoms with Crippen LogP contribution in [0.4, 0.5) is 5.69 Å². The molecule has 2 N–H and O–H groups in total. The quantitative estimate of drug-likeness (QED) is 0.833. The Labute approximate surface area is 110 Å². The van der Waals surface area contributed by atoms with E-state index in [2.05, 4.69) is 43.1 Å². The number of anilines is 1. The zero-order valence-electron chi connectivity index (χ0n) is 11.4. The molecular weight excluding hydrogens is 224 g/mol. The topological polar surface area (TPSA) is 38.5 Å². The first-order valence-corrected chi connectivity index (χ1v) is 6.92. The molecule has 0 aliphatic heterocycles. The monoisotopic (exact) mass is 248 g/mol. The Hall–Kier alpha value is -1.06. The molecule has 0 atom stereocenters. The molecule has 1 aliphatic rings. The number of nitrogens with zero attached hydrogens (tertiary/aromatic N) is 1. The predicted octanol–water partition coefficient (Wildman–Crippen LogP) is 2.89. The van der Waals surface area contributed by atoms with Crippen LogP contribution in [-0.4, -0.2) is 19.2 Å². The fourth-order valence-corrected chi connectivity index (χ4v) is 2.92. The second-order valence-corrected chi connectivity index (χ2v) is 5.16. The van der Waals surface area contributed by atoms with Crippen LogP contribution in [0.5, 0.6) is 0 Å². The standard InChI is InChI=1S/C15H24N2O/c1-3-12-6-4-5-7-15(12)17(2)13-8-10-14(18-16)11-9-13/h4-7,13-14H,3,8-11,16H2,1-2H3. The van der Waals surface area contributed by atoms with Crippen molar-refractivity contribution in [3.05, 3.63) is 29.8 Å². The molecule has 2 rings (SSSR count). The van der Waals surface area contributed by atoms with Crippen LogP contribution in [0.3, 0.4) is 0 Å². The fraction of sp³-hybridized carbons (Fsp3) is 0.600. The second-order valence-electron chi connectivity index (χ2n) is 5.16. The molecule has 1 aromatic carbocycles. The van der Waals surface area contributed by atoms with Gasteiger partial charge in [0.25, 0.3) is 0 Å². The largest absolute Gasteiger partial charge is 0.371 e. The van der Waals surface area contributed by atoms with Crippen molar-refractivity contribution < 1.29 is 4.84 Å². The summed E-state index contributed by atoms with van der Waals surface area (Å²) in [6, 6.07) is 9.31. The molecule has 18 heavy (non-hydrogen) atoms. The lowest BCUT2D eigenvalue weighted by molar-refractivity contribution is 0.0242. The normalized spacial score (nSPS) is 23.9. The minimum atomic E-state index is 0.260. The highest BCUT2D eigenvalue weighted by Gasteiger charge is 2.25. The molecule has 0 spiro atoms. The Bertz CT molecular complexity index is 373. The first-order chi connectivity index (χ1) is 8.76. The minimum Gasteiger partial charge on any atom is -0.371 e. The van der Waals surface area contributed by atoms with Gasteiger partial charge in [0.15, 0.2) is 0 Å². The fourth-order valence-electron chi connectivity index (χ4n) is 2.92. The van der Waals surface area contributed by atoms with E-state index in [1.165, 1.54) is 11.3 Å². The molecule has 0 amide bonds. The number of benzene rings is 1. The third-order valence-corrected chi connectivity index (χ3v) is 4.14. The first-order valence-electron chi connectivity index (χ1n) is 6.92. The first kappa shape index (κ1) is 13.4. The van der Waals surface area contributed by atoms with E-state index in [-0.39, 0.29) is 6.10 Å². The van der Waals surface area contributed by atoms with Crippen LogP contribution in [-0.2, 0) is 11.3 Å². The summed E-state index contributed by atoms with van der Waals surface area (Å²) in [6.07, 6.45) is 5.81. The lowest BCUT2D eigenvalue weighted by Crippen LogP contribution is -2.38. The highest BCUT2D eigenvalue weighted by molar-refractivity contribution is 5.53. The van der Waals surface area contributed by atoms with Gasteiger partial charge < -0.3 is 9.74 Å². The third-order valence-electron chi connectivity index (χ3n) is 4.14. The van der Waals surface area contributed by atoms with Gasteiger partial charge >= 0.3 is 0 Å². The summed E-state index contributed by atoms with van der Waals surface area (Å²) in [5.74, 6) is 5.27. The van der Waals surface area contributed by atoms with Gasteiger partial charge in [-0.05, 0) is 43.7 Å². The number of hydrogen-bond donors (Lipinski definition) is 1. The van der Waals surface area contributed by atoms with Crippen LogP contribution >= 0.6 is 0 Å². The molecule has 0 aromatic heterocycles. The summed E-state index contributed by atoms with van der Waals surface area (Å²) in [5.41, 5.74) is 2.80. The second kappa shape index (κ2) is 6.21. The van der Waals surface area contributed by atoms with E-state index >= 15 is 0 Å². The molecule has 1 aromatic rings. The SMILES string of the molecule is CCc1ccccc1N(C)C1CCC(ON)CC1. The number of aryl methyl sites for hydroxylation is 1. The Morgan fingerprint density at radius 1 is 1.22 bits per heavy atom. The summed E-state index contributed by atoms with van der Waals surface area (Å²) in [4.78, 5) is 7.39. The van der Waals surface area contributed by atoms with E-state index in [9.17, 15) is 0 Å². The maximum atomic E-state index is 5.27. The van der Waals surface area contributed by atoms with Crippen molar-refractivity contribution in [1.29, 1.82) is 0 Å². The maximum absolute atomic E-state index is 5.27. The number of rotatable bonds is 4. The maximum Gasteiger partial charge on any atom is 0.0789 e. The van der Waals surface area contributed by atoms with Gasteiger partial charge in [-0.25, -0.2) is 5.90 Å². The lowest BCUT2D eigenvalue weighted by Gasteiger charge is -2.36. The van der Waals surface area contributed by atoms with Gasteiger partial charge in [-0.15, -0.1) is 0 Å². The Balaban J connectivity index is 2.05. The van der Waals surface area contributed by atoms with Crippen LogP contribution in [0.15, 0.2) is 24.3 Å². The van der Waals surface area contributed by atoms with Gasteiger partial charge in [0.2, 0.25) is 0 Å². The zero-order valence-corrected chi connectivity index (χ0v) is 11.4. The van der Waals surface area contributed by atoms with E-state index in [1.807, 2.05) is 0 Å². The van der Waals surface area contributed by atoms with Gasteiger partial charge in [-0.1, -0.05) is 25.1 Å². The number of nitrogens with two attached hydrogens (primary N) is 1. The molecule has 100 valence electrons. The summed E-state index contributed by atoms with van der Waals surface area (Å²) in [5, 5.41) is 0. The predicted molar refractivity (Wildman–Crippen MR) is 75.5 cm³/mol. The van der Waals surface area contributed by atoms with Crippen LogP contribution in [0.2, 0.25) is 0 Å². The van der Waals surface area contributed by atoms with E-state index in [4.69, 9.17) is 10.7 Å². The smallest absolute Gasteiger partial charge is 0.0789 e. The Morgan fingerprint density at radius 3 is 2.50 bits per heavy atom. The van der Waals surface area contributed by atoms with Crippen molar-refractivity contribution in [3.8, 4) is 0 Å². The van der Waals surface area contributed by atoms with E-state index in [0.717, 1.165) is 32.1 Å². The van der Waals surface area contributed by atoms with Crippen LogP contribution < -0.4 is 10.8 Å².